The summed E-state index contributed by atoms with van der Waals surface area (Å²) in [7, 11) is 1.60. The van der Waals surface area contributed by atoms with Crippen molar-refractivity contribution in [2.24, 2.45) is 0 Å². The zero-order chi connectivity index (χ0) is 20.7. The molecule has 7 nitrogen and oxygen atoms in total. The van der Waals surface area contributed by atoms with Crippen LogP contribution in [0.5, 0.6) is 5.75 Å². The normalized spacial score (nSPS) is 13.3. The maximum atomic E-state index is 12.9. The molecule has 0 bridgehead atoms. The summed E-state index contributed by atoms with van der Waals surface area (Å²) >= 11 is 5.60. The molecule has 0 saturated carbocycles. The maximum Gasteiger partial charge on any atom is 0.264 e. The van der Waals surface area contributed by atoms with Crippen LogP contribution in [0.3, 0.4) is 0 Å². The standard InChI is InChI=1S/C22H19N5O2S/c1-29-17-8-4-7-16(11-17)27-13-23-19-18(21(27)30)20(28)25-22(24-19)26-10-9-14-5-2-3-6-15(14)12-26/h2-8,11,13H,9-10,12H2,1H3,(H,24,25,28). The van der Waals surface area contributed by atoms with Gasteiger partial charge >= 0.3 is 0 Å². The van der Waals surface area contributed by atoms with Gasteiger partial charge < -0.3 is 9.64 Å². The van der Waals surface area contributed by atoms with Crippen molar-refractivity contribution in [2.75, 3.05) is 18.6 Å². The fraction of sp³-hybridized carbons (Fsp3) is 0.182. The summed E-state index contributed by atoms with van der Waals surface area (Å²) in [6, 6.07) is 15.8. The summed E-state index contributed by atoms with van der Waals surface area (Å²) in [5, 5.41) is 0.302. The Balaban J connectivity index is 1.57. The molecule has 1 aliphatic rings. The molecule has 8 heteroatoms. The van der Waals surface area contributed by atoms with Crippen LogP contribution in [-0.2, 0) is 13.0 Å². The minimum atomic E-state index is -0.288. The van der Waals surface area contributed by atoms with Gasteiger partial charge in [-0.2, -0.15) is 4.98 Å². The van der Waals surface area contributed by atoms with E-state index in [1.165, 1.54) is 11.1 Å². The largest absolute Gasteiger partial charge is 0.497 e. The van der Waals surface area contributed by atoms with Crippen molar-refractivity contribution in [3.8, 4) is 11.4 Å². The second-order valence-corrected chi connectivity index (χ2v) is 7.54. The lowest BCUT2D eigenvalue weighted by Crippen LogP contribution is -2.33. The highest BCUT2D eigenvalue weighted by Gasteiger charge is 2.19. The molecule has 0 fully saturated rings. The van der Waals surface area contributed by atoms with Gasteiger partial charge in [-0.3, -0.25) is 14.3 Å². The highest BCUT2D eigenvalue weighted by Crippen LogP contribution is 2.23. The van der Waals surface area contributed by atoms with Crippen LogP contribution < -0.4 is 15.2 Å². The third-order valence-corrected chi connectivity index (χ3v) is 5.78. The second-order valence-electron chi connectivity index (χ2n) is 7.15. The van der Waals surface area contributed by atoms with Crippen molar-refractivity contribution in [2.45, 2.75) is 13.0 Å². The van der Waals surface area contributed by atoms with Crippen LogP contribution in [0, 0.1) is 4.64 Å². The van der Waals surface area contributed by atoms with Crippen LogP contribution in [0.25, 0.3) is 16.7 Å². The van der Waals surface area contributed by atoms with Gasteiger partial charge in [0.25, 0.3) is 5.56 Å². The van der Waals surface area contributed by atoms with E-state index < -0.39 is 0 Å². The SMILES string of the molecule is COc1cccc(-n2cnc3nc(N4CCc5ccccc5C4)[nH]c(=O)c3c2=S)c1. The first-order valence-corrected chi connectivity index (χ1v) is 10.0. The first kappa shape index (κ1) is 18.5. The van der Waals surface area contributed by atoms with Gasteiger partial charge in [0.15, 0.2) is 5.65 Å². The van der Waals surface area contributed by atoms with E-state index in [9.17, 15) is 4.79 Å². The third kappa shape index (κ3) is 3.15. The van der Waals surface area contributed by atoms with Gasteiger partial charge in [0, 0.05) is 19.2 Å². The fourth-order valence-corrected chi connectivity index (χ4v) is 4.13. The van der Waals surface area contributed by atoms with Crippen LogP contribution in [0.15, 0.2) is 59.7 Å². The number of hydrogen-bond donors (Lipinski definition) is 1. The van der Waals surface area contributed by atoms with Crippen LogP contribution >= 0.6 is 12.2 Å². The maximum absolute atomic E-state index is 12.9. The van der Waals surface area contributed by atoms with Crippen LogP contribution in [0.4, 0.5) is 5.95 Å². The average Bonchev–Trinajstić information content (AvgIpc) is 2.78. The van der Waals surface area contributed by atoms with E-state index in [1.54, 1.807) is 18.0 Å². The Labute approximate surface area is 177 Å². The average molecular weight is 417 g/mol. The lowest BCUT2D eigenvalue weighted by atomic mass is 10.0. The van der Waals surface area contributed by atoms with Crippen LogP contribution in [0.1, 0.15) is 11.1 Å². The number of aromatic amines is 1. The Morgan fingerprint density at radius 3 is 2.80 bits per heavy atom. The summed E-state index contributed by atoms with van der Waals surface area (Å²) in [6.07, 6.45) is 2.50. The van der Waals surface area contributed by atoms with Gasteiger partial charge in [-0.05, 0) is 29.7 Å². The van der Waals surface area contributed by atoms with Gasteiger partial charge in [0.2, 0.25) is 5.95 Å². The minimum absolute atomic E-state index is 0.288. The molecule has 4 aromatic rings. The molecular formula is C22H19N5O2S. The Morgan fingerprint density at radius 1 is 1.13 bits per heavy atom. The molecule has 1 N–H and O–H groups in total. The molecule has 1 aliphatic heterocycles. The van der Waals surface area contributed by atoms with E-state index in [0.717, 1.165) is 18.7 Å². The highest BCUT2D eigenvalue weighted by atomic mass is 32.1. The fourth-order valence-electron chi connectivity index (χ4n) is 3.79. The van der Waals surface area contributed by atoms with E-state index in [1.807, 2.05) is 30.3 Å². The van der Waals surface area contributed by atoms with Crippen molar-refractivity contribution in [1.82, 2.24) is 19.5 Å². The van der Waals surface area contributed by atoms with E-state index in [0.29, 0.717) is 33.9 Å². The minimum Gasteiger partial charge on any atom is -0.497 e. The monoisotopic (exact) mass is 417 g/mol. The van der Waals surface area contributed by atoms with E-state index in [2.05, 4.69) is 38.1 Å². The van der Waals surface area contributed by atoms with Crippen LogP contribution in [-0.4, -0.2) is 33.2 Å². The zero-order valence-electron chi connectivity index (χ0n) is 16.3. The lowest BCUT2D eigenvalue weighted by molar-refractivity contribution is 0.414. The number of H-pyrrole nitrogens is 1. The lowest BCUT2D eigenvalue weighted by Gasteiger charge is -2.29. The van der Waals surface area contributed by atoms with E-state index >= 15 is 0 Å². The second kappa shape index (κ2) is 7.38. The number of aromatic nitrogens is 4. The Morgan fingerprint density at radius 2 is 1.97 bits per heavy atom. The van der Waals surface area contributed by atoms with Crippen molar-refractivity contribution in [1.29, 1.82) is 0 Å². The number of anilines is 1. The first-order chi connectivity index (χ1) is 14.6. The number of methoxy groups -OCH3 is 1. The molecule has 5 rings (SSSR count). The number of hydrogen-bond acceptors (Lipinski definition) is 6. The molecule has 150 valence electrons. The van der Waals surface area contributed by atoms with Gasteiger partial charge in [-0.1, -0.05) is 42.5 Å². The van der Waals surface area contributed by atoms with Gasteiger partial charge in [-0.25, -0.2) is 4.98 Å². The number of rotatable bonds is 3. The number of nitrogens with zero attached hydrogens (tertiary/aromatic N) is 4. The van der Waals surface area contributed by atoms with Crippen molar-refractivity contribution < 1.29 is 4.74 Å². The topological polar surface area (TPSA) is 76.0 Å². The number of ether oxygens (including phenoxy) is 1. The number of nitrogens with one attached hydrogen (secondary N) is 1. The van der Waals surface area contributed by atoms with Gasteiger partial charge in [0.05, 0.1) is 12.8 Å². The van der Waals surface area contributed by atoms with E-state index in [-0.39, 0.29) is 5.56 Å². The molecule has 0 spiro atoms. The molecule has 0 saturated heterocycles. The molecular weight excluding hydrogens is 398 g/mol. The first-order valence-electron chi connectivity index (χ1n) is 9.62. The van der Waals surface area contributed by atoms with Crippen molar-refractivity contribution in [3.05, 3.63) is 81.0 Å². The molecule has 0 unspecified atom stereocenters. The summed E-state index contributed by atoms with van der Waals surface area (Å²) in [5.74, 6) is 1.21. The molecule has 2 aromatic heterocycles. The zero-order valence-corrected chi connectivity index (χ0v) is 17.1. The molecule has 0 aliphatic carbocycles. The predicted octanol–water partition coefficient (Wildman–Crippen LogP) is 3.41. The Kier molecular flexibility index (Phi) is 4.55. The predicted molar refractivity (Wildman–Crippen MR) is 118 cm³/mol. The van der Waals surface area contributed by atoms with Gasteiger partial charge in [0.1, 0.15) is 22.1 Å². The summed E-state index contributed by atoms with van der Waals surface area (Å²) < 4.78 is 7.33. The van der Waals surface area contributed by atoms with Crippen LogP contribution in [0.2, 0.25) is 0 Å². The summed E-state index contributed by atoms with van der Waals surface area (Å²) in [5.41, 5.74) is 3.40. The van der Waals surface area contributed by atoms with Crippen molar-refractivity contribution >= 4 is 29.2 Å². The number of fused-ring (bicyclic) bond motifs is 2. The molecule has 30 heavy (non-hydrogen) atoms. The summed E-state index contributed by atoms with van der Waals surface area (Å²) in [4.78, 5) is 27.0. The number of benzene rings is 2. The summed E-state index contributed by atoms with van der Waals surface area (Å²) in [6.45, 7) is 1.48. The van der Waals surface area contributed by atoms with E-state index in [4.69, 9.17) is 17.0 Å². The smallest absolute Gasteiger partial charge is 0.264 e. The molecule has 0 radical (unpaired) electrons. The molecule has 0 atom stereocenters. The molecule has 3 heterocycles. The third-order valence-electron chi connectivity index (χ3n) is 5.38. The Hall–Kier alpha value is -3.52. The molecule has 2 aromatic carbocycles. The Bertz CT molecular complexity index is 1380. The highest BCUT2D eigenvalue weighted by molar-refractivity contribution is 7.71. The molecule has 0 amide bonds. The van der Waals surface area contributed by atoms with Crippen molar-refractivity contribution in [3.63, 3.8) is 0 Å². The quantitative estimate of drug-likeness (QED) is 0.515. The van der Waals surface area contributed by atoms with Gasteiger partial charge in [-0.15, -0.1) is 0 Å².